The van der Waals surface area contributed by atoms with Crippen LogP contribution in [0.2, 0.25) is 0 Å². The van der Waals surface area contributed by atoms with Crippen LogP contribution in [0.5, 0.6) is 0 Å². The lowest BCUT2D eigenvalue weighted by Crippen LogP contribution is -2.42. The van der Waals surface area contributed by atoms with Crippen LogP contribution in [0.1, 0.15) is 0 Å². The van der Waals surface area contributed by atoms with Gasteiger partial charge in [0.2, 0.25) is 0 Å². The Morgan fingerprint density at radius 1 is 1.50 bits per heavy atom. The monoisotopic (exact) mass is 165 g/mol. The first-order valence-electron chi connectivity index (χ1n) is 3.16. The van der Waals surface area contributed by atoms with Crippen molar-refractivity contribution in [3.8, 4) is 0 Å². The second-order valence-electron chi connectivity index (χ2n) is 2.06. The van der Waals surface area contributed by atoms with Gasteiger partial charge in [0.25, 0.3) is 8.53 Å². The van der Waals surface area contributed by atoms with Crippen molar-refractivity contribution in [2.45, 2.75) is 0 Å². The minimum absolute atomic E-state index is 0.788. The van der Waals surface area contributed by atoms with E-state index in [2.05, 4.69) is 5.32 Å². The quantitative estimate of drug-likeness (QED) is 0.458. The van der Waals surface area contributed by atoms with Crippen LogP contribution < -0.4 is 10.8 Å². The average Bonchev–Trinajstić information content (AvgIpc) is 1.88. The lowest BCUT2D eigenvalue weighted by atomic mass is 10.4. The summed E-state index contributed by atoms with van der Waals surface area (Å²) in [7, 11) is -1.73. The van der Waals surface area contributed by atoms with Crippen molar-refractivity contribution < 1.29 is 9.52 Å². The Balaban J connectivity index is 2.13. The van der Waals surface area contributed by atoms with Crippen LogP contribution in [0.4, 0.5) is 0 Å². The van der Waals surface area contributed by atoms with Crippen LogP contribution >= 0.6 is 8.53 Å². The first kappa shape index (κ1) is 8.33. The van der Waals surface area contributed by atoms with E-state index >= 15 is 0 Å². The maximum Gasteiger partial charge on any atom is 0.268 e. The van der Waals surface area contributed by atoms with Crippen molar-refractivity contribution in [2.75, 3.05) is 26.2 Å². The van der Waals surface area contributed by atoms with E-state index in [0.717, 1.165) is 26.2 Å². The number of nitrogens with zero attached hydrogens (tertiary/aromatic N) is 1. The van der Waals surface area contributed by atoms with Crippen LogP contribution in [0.3, 0.4) is 0 Å². The molecule has 10 heavy (non-hydrogen) atoms. The summed E-state index contributed by atoms with van der Waals surface area (Å²) in [6.07, 6.45) is 0. The first-order chi connectivity index (χ1) is 4.79. The Kier molecular flexibility index (Phi) is 3.48. The zero-order valence-corrected chi connectivity index (χ0v) is 6.55. The third kappa shape index (κ3) is 2.88. The third-order valence-corrected chi connectivity index (χ3v) is 1.67. The van der Waals surface area contributed by atoms with Gasteiger partial charge in [0.15, 0.2) is 0 Å². The molecule has 1 rings (SSSR count). The summed E-state index contributed by atoms with van der Waals surface area (Å²) in [5.41, 5.74) is 5.06. The van der Waals surface area contributed by atoms with Crippen molar-refractivity contribution in [2.24, 2.45) is 5.50 Å². The predicted molar refractivity (Wildman–Crippen MR) is 38.9 cm³/mol. The van der Waals surface area contributed by atoms with E-state index in [0.29, 0.717) is 0 Å². The van der Waals surface area contributed by atoms with Gasteiger partial charge in [-0.15, -0.1) is 0 Å². The lowest BCUT2D eigenvalue weighted by molar-refractivity contribution is -0.0645. The number of piperazine rings is 1. The molecule has 1 aliphatic rings. The summed E-state index contributed by atoms with van der Waals surface area (Å²) in [5.74, 6) is 0. The molecule has 1 unspecified atom stereocenters. The number of hydrogen-bond donors (Lipinski definition) is 3. The van der Waals surface area contributed by atoms with Gasteiger partial charge in [0.1, 0.15) is 0 Å². The minimum atomic E-state index is -1.73. The molecule has 1 atom stereocenters. The fourth-order valence-corrected chi connectivity index (χ4v) is 1.24. The topological polar surface area (TPSA) is 70.8 Å². The summed E-state index contributed by atoms with van der Waals surface area (Å²) in [4.78, 5) is 8.66. The van der Waals surface area contributed by atoms with Crippen molar-refractivity contribution in [1.29, 1.82) is 0 Å². The number of nitrogens with one attached hydrogen (secondary N) is 1. The van der Waals surface area contributed by atoms with Crippen LogP contribution in [-0.2, 0) is 4.62 Å². The molecule has 0 aromatic heterocycles. The molecule has 0 saturated carbocycles. The molecule has 6 heteroatoms. The van der Waals surface area contributed by atoms with E-state index in [1.807, 2.05) is 0 Å². The molecule has 0 spiro atoms. The standard InChI is InChI=1S/C4H12N3O2P/c5-10(8)9-7-3-1-6-2-4-7/h6,8H,1-5H2. The lowest BCUT2D eigenvalue weighted by Gasteiger charge is -2.26. The van der Waals surface area contributed by atoms with E-state index in [-0.39, 0.29) is 0 Å². The highest BCUT2D eigenvalue weighted by Crippen LogP contribution is 2.21. The van der Waals surface area contributed by atoms with Crippen LogP contribution in [0, 0.1) is 0 Å². The van der Waals surface area contributed by atoms with E-state index in [1.165, 1.54) is 0 Å². The molecule has 4 N–H and O–H groups in total. The Hall–Kier alpha value is 0.230. The molecule has 0 aromatic rings. The zero-order chi connectivity index (χ0) is 7.40. The summed E-state index contributed by atoms with van der Waals surface area (Å²) >= 11 is 0. The SMILES string of the molecule is NP(O)ON1CCNCC1. The van der Waals surface area contributed by atoms with Gasteiger partial charge in [-0.3, -0.25) is 5.50 Å². The normalized spacial score (nSPS) is 24.6. The van der Waals surface area contributed by atoms with Gasteiger partial charge in [-0.05, 0) is 0 Å². The fourth-order valence-electron chi connectivity index (χ4n) is 0.844. The molecule has 0 aromatic carbocycles. The molecule has 0 amide bonds. The van der Waals surface area contributed by atoms with Gasteiger partial charge in [0.05, 0.1) is 0 Å². The van der Waals surface area contributed by atoms with E-state index < -0.39 is 8.53 Å². The summed E-state index contributed by atoms with van der Waals surface area (Å²) in [6, 6.07) is 0. The van der Waals surface area contributed by atoms with Gasteiger partial charge in [-0.2, -0.15) is 5.06 Å². The minimum Gasteiger partial charge on any atom is -0.337 e. The predicted octanol–water partition coefficient (Wildman–Crippen LogP) is -0.999. The van der Waals surface area contributed by atoms with E-state index in [1.54, 1.807) is 5.06 Å². The maximum absolute atomic E-state index is 8.66. The number of hydroxylamine groups is 2. The zero-order valence-electron chi connectivity index (χ0n) is 5.66. The summed E-state index contributed by atoms with van der Waals surface area (Å²) in [6.45, 7) is 3.36. The second kappa shape index (κ2) is 4.18. The molecule has 0 aliphatic carbocycles. The molecule has 0 bridgehead atoms. The second-order valence-corrected chi connectivity index (χ2v) is 2.83. The molecule has 1 heterocycles. The van der Waals surface area contributed by atoms with Crippen molar-refractivity contribution >= 4 is 8.53 Å². The highest BCUT2D eigenvalue weighted by molar-refractivity contribution is 7.43. The van der Waals surface area contributed by atoms with E-state index in [9.17, 15) is 0 Å². The van der Waals surface area contributed by atoms with E-state index in [4.69, 9.17) is 15.0 Å². The van der Waals surface area contributed by atoms with Gasteiger partial charge in [-0.25, -0.2) is 4.62 Å². The third-order valence-electron chi connectivity index (χ3n) is 1.28. The van der Waals surface area contributed by atoms with Crippen molar-refractivity contribution in [1.82, 2.24) is 10.4 Å². The van der Waals surface area contributed by atoms with Gasteiger partial charge in [-0.1, -0.05) is 0 Å². The molecule has 60 valence electrons. The van der Waals surface area contributed by atoms with Gasteiger partial charge in [0, 0.05) is 26.2 Å². The fraction of sp³-hybridized carbons (Fsp3) is 1.00. The first-order valence-corrected chi connectivity index (χ1v) is 4.44. The Morgan fingerprint density at radius 2 is 2.10 bits per heavy atom. The Labute approximate surface area is 61.1 Å². The Bertz CT molecular complexity index is 96.5. The van der Waals surface area contributed by atoms with Gasteiger partial charge < -0.3 is 10.2 Å². The smallest absolute Gasteiger partial charge is 0.268 e. The molecule has 0 radical (unpaired) electrons. The maximum atomic E-state index is 8.66. The van der Waals surface area contributed by atoms with Gasteiger partial charge >= 0.3 is 0 Å². The molecule has 1 fully saturated rings. The average molecular weight is 165 g/mol. The van der Waals surface area contributed by atoms with Crippen LogP contribution in [0.25, 0.3) is 0 Å². The number of rotatable bonds is 2. The van der Waals surface area contributed by atoms with Crippen LogP contribution in [0.15, 0.2) is 0 Å². The molecule has 5 nitrogen and oxygen atoms in total. The van der Waals surface area contributed by atoms with Crippen LogP contribution in [-0.4, -0.2) is 36.1 Å². The number of nitrogens with two attached hydrogens (primary N) is 1. The number of hydrogen-bond acceptors (Lipinski definition) is 5. The van der Waals surface area contributed by atoms with Crippen molar-refractivity contribution in [3.63, 3.8) is 0 Å². The Morgan fingerprint density at radius 3 is 2.60 bits per heavy atom. The highest BCUT2D eigenvalue weighted by Gasteiger charge is 2.12. The largest absolute Gasteiger partial charge is 0.337 e. The molecular formula is C4H12N3O2P. The molecule has 1 saturated heterocycles. The van der Waals surface area contributed by atoms with Crippen molar-refractivity contribution in [3.05, 3.63) is 0 Å². The summed E-state index contributed by atoms with van der Waals surface area (Å²) in [5, 5.41) is 4.83. The highest BCUT2D eigenvalue weighted by atomic mass is 31.2. The molecule has 1 aliphatic heterocycles. The summed E-state index contributed by atoms with van der Waals surface area (Å²) < 4.78 is 4.88. The molecular weight excluding hydrogens is 153 g/mol.